The van der Waals surface area contributed by atoms with E-state index in [1.54, 1.807) is 0 Å². The Morgan fingerprint density at radius 1 is 0.923 bits per heavy atom. The summed E-state index contributed by atoms with van der Waals surface area (Å²) >= 11 is 7.01. The van der Waals surface area contributed by atoms with Gasteiger partial charge >= 0.3 is 0 Å². The van der Waals surface area contributed by atoms with Gasteiger partial charge in [0.2, 0.25) is 0 Å². The third kappa shape index (κ3) is 6.96. The second-order valence-corrected chi connectivity index (χ2v) is 6.31. The van der Waals surface area contributed by atoms with E-state index in [9.17, 15) is 0 Å². The monoisotopic (exact) mass is 312 g/mol. The highest BCUT2D eigenvalue weighted by atomic mass is 79.9. The highest BCUT2D eigenvalue weighted by Gasteiger charge is 2.23. The molecule has 0 N–H and O–H groups in total. The SMILES string of the molecule is CC(C)(C)C(CCCBr)CCCBr. The lowest BCUT2D eigenvalue weighted by Gasteiger charge is -2.30. The maximum Gasteiger partial charge on any atom is 0.00314 e. The Hall–Kier alpha value is 0.960. The molecule has 80 valence electrons. The first-order valence-electron chi connectivity index (χ1n) is 5.14. The Bertz CT molecular complexity index is 108. The average molecular weight is 314 g/mol. The van der Waals surface area contributed by atoms with Gasteiger partial charge in [0.15, 0.2) is 0 Å². The maximum absolute atomic E-state index is 3.50. The predicted molar refractivity (Wildman–Crippen MR) is 69.0 cm³/mol. The van der Waals surface area contributed by atoms with Crippen molar-refractivity contribution in [2.45, 2.75) is 46.5 Å². The molecule has 0 heterocycles. The third-order valence-electron chi connectivity index (χ3n) is 2.60. The van der Waals surface area contributed by atoms with Crippen LogP contribution < -0.4 is 0 Å². The van der Waals surface area contributed by atoms with E-state index in [1.165, 1.54) is 25.7 Å². The van der Waals surface area contributed by atoms with Crippen LogP contribution in [0, 0.1) is 11.3 Å². The molecule has 0 aromatic heterocycles. The molecule has 0 aliphatic carbocycles. The van der Waals surface area contributed by atoms with Crippen molar-refractivity contribution >= 4 is 31.9 Å². The molecule has 0 saturated heterocycles. The molecule has 0 bridgehead atoms. The molecule has 0 fully saturated rings. The van der Waals surface area contributed by atoms with E-state index >= 15 is 0 Å². The van der Waals surface area contributed by atoms with Gasteiger partial charge in [-0.2, -0.15) is 0 Å². The molecule has 0 aromatic rings. The molecule has 0 aliphatic rings. The van der Waals surface area contributed by atoms with Gasteiger partial charge in [-0.1, -0.05) is 52.6 Å². The Kier molecular flexibility index (Phi) is 7.82. The first-order chi connectivity index (χ1) is 6.02. The summed E-state index contributed by atoms with van der Waals surface area (Å²) in [5.74, 6) is 0.877. The van der Waals surface area contributed by atoms with Crippen molar-refractivity contribution in [2.24, 2.45) is 11.3 Å². The predicted octanol–water partition coefficient (Wildman–Crippen LogP) is 5.00. The standard InChI is InChI=1S/C11H22Br2/c1-11(2,3)10(6-4-8-12)7-5-9-13/h10H,4-9H2,1-3H3. The van der Waals surface area contributed by atoms with Crippen LogP contribution in [0.25, 0.3) is 0 Å². The molecule has 0 unspecified atom stereocenters. The lowest BCUT2D eigenvalue weighted by molar-refractivity contribution is 0.210. The van der Waals surface area contributed by atoms with Gasteiger partial charge in [0.05, 0.1) is 0 Å². The number of hydrogen-bond donors (Lipinski definition) is 0. The van der Waals surface area contributed by atoms with Crippen LogP contribution in [0.5, 0.6) is 0 Å². The van der Waals surface area contributed by atoms with Gasteiger partial charge < -0.3 is 0 Å². The van der Waals surface area contributed by atoms with Crippen molar-refractivity contribution < 1.29 is 0 Å². The molecule has 0 aromatic carbocycles. The summed E-state index contributed by atoms with van der Waals surface area (Å²) in [5.41, 5.74) is 0.477. The van der Waals surface area contributed by atoms with Crippen LogP contribution in [-0.4, -0.2) is 10.7 Å². The summed E-state index contributed by atoms with van der Waals surface area (Å²) in [6.45, 7) is 7.08. The summed E-state index contributed by atoms with van der Waals surface area (Å²) in [6.07, 6.45) is 5.35. The summed E-state index contributed by atoms with van der Waals surface area (Å²) in [4.78, 5) is 0. The fourth-order valence-electron chi connectivity index (χ4n) is 1.66. The first kappa shape index (κ1) is 14.0. The van der Waals surface area contributed by atoms with Gasteiger partial charge in [0.25, 0.3) is 0 Å². The molecular formula is C11H22Br2. The number of halogens is 2. The largest absolute Gasteiger partial charge is 0.0928 e. The highest BCUT2D eigenvalue weighted by Crippen LogP contribution is 2.33. The molecule has 2 heteroatoms. The second-order valence-electron chi connectivity index (χ2n) is 4.73. The van der Waals surface area contributed by atoms with Crippen molar-refractivity contribution in [3.05, 3.63) is 0 Å². The van der Waals surface area contributed by atoms with Crippen molar-refractivity contribution in [3.63, 3.8) is 0 Å². The summed E-state index contributed by atoms with van der Waals surface area (Å²) in [7, 11) is 0. The quantitative estimate of drug-likeness (QED) is 0.605. The molecule has 13 heavy (non-hydrogen) atoms. The zero-order valence-electron chi connectivity index (χ0n) is 9.08. The van der Waals surface area contributed by atoms with Crippen LogP contribution in [0.3, 0.4) is 0 Å². The fourth-order valence-corrected chi connectivity index (χ4v) is 2.30. The van der Waals surface area contributed by atoms with Gasteiger partial charge in [-0.05, 0) is 37.0 Å². The average Bonchev–Trinajstić information content (AvgIpc) is 2.02. The molecule has 0 radical (unpaired) electrons. The lowest BCUT2D eigenvalue weighted by Crippen LogP contribution is -2.20. The van der Waals surface area contributed by atoms with E-state index in [1.807, 2.05) is 0 Å². The fraction of sp³-hybridized carbons (Fsp3) is 1.00. The molecule has 0 amide bonds. The second kappa shape index (κ2) is 7.28. The third-order valence-corrected chi connectivity index (χ3v) is 3.72. The molecular weight excluding hydrogens is 292 g/mol. The van der Waals surface area contributed by atoms with E-state index < -0.39 is 0 Å². The molecule has 0 atom stereocenters. The van der Waals surface area contributed by atoms with Crippen LogP contribution in [0.2, 0.25) is 0 Å². The first-order valence-corrected chi connectivity index (χ1v) is 7.38. The normalized spacial score (nSPS) is 12.5. The van der Waals surface area contributed by atoms with Gasteiger partial charge in [-0.15, -0.1) is 0 Å². The molecule has 0 nitrogen and oxygen atoms in total. The van der Waals surface area contributed by atoms with Crippen molar-refractivity contribution in [1.82, 2.24) is 0 Å². The van der Waals surface area contributed by atoms with E-state index in [-0.39, 0.29) is 0 Å². The molecule has 0 rings (SSSR count). The van der Waals surface area contributed by atoms with Gasteiger partial charge in [0, 0.05) is 10.7 Å². The Morgan fingerprint density at radius 2 is 1.31 bits per heavy atom. The smallest absolute Gasteiger partial charge is 0.00314 e. The maximum atomic E-state index is 3.50. The van der Waals surface area contributed by atoms with Crippen LogP contribution >= 0.6 is 31.9 Å². The van der Waals surface area contributed by atoms with Gasteiger partial charge in [-0.3, -0.25) is 0 Å². The molecule has 0 saturated carbocycles. The number of rotatable bonds is 6. The minimum atomic E-state index is 0.477. The zero-order valence-corrected chi connectivity index (χ0v) is 12.2. The summed E-state index contributed by atoms with van der Waals surface area (Å²) in [6, 6.07) is 0. The number of hydrogen-bond acceptors (Lipinski definition) is 0. The van der Waals surface area contributed by atoms with Crippen LogP contribution in [0.1, 0.15) is 46.5 Å². The van der Waals surface area contributed by atoms with Crippen LogP contribution in [0.15, 0.2) is 0 Å². The number of alkyl halides is 2. The van der Waals surface area contributed by atoms with Gasteiger partial charge in [0.1, 0.15) is 0 Å². The minimum absolute atomic E-state index is 0.477. The molecule has 0 spiro atoms. The minimum Gasteiger partial charge on any atom is -0.0928 e. The lowest BCUT2D eigenvalue weighted by atomic mass is 9.76. The van der Waals surface area contributed by atoms with Crippen LogP contribution in [0.4, 0.5) is 0 Å². The van der Waals surface area contributed by atoms with Crippen molar-refractivity contribution in [1.29, 1.82) is 0 Å². The van der Waals surface area contributed by atoms with E-state index in [0.29, 0.717) is 5.41 Å². The van der Waals surface area contributed by atoms with Crippen molar-refractivity contribution in [3.8, 4) is 0 Å². The Labute approximate surface area is 100 Å². The van der Waals surface area contributed by atoms with Crippen LogP contribution in [-0.2, 0) is 0 Å². The highest BCUT2D eigenvalue weighted by molar-refractivity contribution is 9.09. The Morgan fingerprint density at radius 3 is 1.54 bits per heavy atom. The zero-order chi connectivity index (χ0) is 10.3. The Balaban J connectivity index is 3.88. The van der Waals surface area contributed by atoms with Gasteiger partial charge in [-0.25, -0.2) is 0 Å². The summed E-state index contributed by atoms with van der Waals surface area (Å²) < 4.78 is 0. The van der Waals surface area contributed by atoms with E-state index in [0.717, 1.165) is 16.6 Å². The van der Waals surface area contributed by atoms with Crippen molar-refractivity contribution in [2.75, 3.05) is 10.7 Å². The summed E-state index contributed by atoms with van der Waals surface area (Å²) in [5, 5.41) is 2.29. The molecule has 0 aliphatic heterocycles. The van der Waals surface area contributed by atoms with E-state index in [2.05, 4.69) is 52.6 Å². The topological polar surface area (TPSA) is 0 Å². The van der Waals surface area contributed by atoms with E-state index in [4.69, 9.17) is 0 Å².